The number of hydrogen-bond acceptors (Lipinski definition) is 4. The Balaban J connectivity index is 2.27. The molecule has 1 heterocycles. The average molecular weight is 298 g/mol. The normalized spacial score (nSPS) is 18.5. The van der Waals surface area contributed by atoms with Crippen LogP contribution in [0.4, 0.5) is 13.2 Å². The molecular formula is C9H13F3N4O2S. The Kier molecular flexibility index (Phi) is 3.35. The third kappa shape index (κ3) is 2.60. The number of hydrogen-bond donors (Lipinski definition) is 3. The minimum atomic E-state index is -4.59. The molecule has 0 saturated heterocycles. The Hall–Kier alpha value is -1.13. The maximum atomic E-state index is 12.8. The van der Waals surface area contributed by atoms with Gasteiger partial charge in [-0.1, -0.05) is 0 Å². The summed E-state index contributed by atoms with van der Waals surface area (Å²) in [6, 6.07) is 0. The fourth-order valence-electron chi connectivity index (χ4n) is 1.72. The largest absolute Gasteiger partial charge is 0.407 e. The number of aromatic nitrogens is 2. The first-order valence-corrected chi connectivity index (χ1v) is 6.98. The van der Waals surface area contributed by atoms with Crippen molar-refractivity contribution < 1.29 is 21.6 Å². The van der Waals surface area contributed by atoms with Crippen molar-refractivity contribution in [2.75, 3.05) is 7.05 Å². The van der Waals surface area contributed by atoms with E-state index < -0.39 is 21.7 Å². The summed E-state index contributed by atoms with van der Waals surface area (Å²) in [5.74, 6) is 0. The number of nitrogens with one attached hydrogen (secondary N) is 3. The van der Waals surface area contributed by atoms with E-state index in [0.29, 0.717) is 0 Å². The molecule has 1 aliphatic rings. The first-order valence-electron chi connectivity index (χ1n) is 5.49. The summed E-state index contributed by atoms with van der Waals surface area (Å²) >= 11 is 0. The SMILES string of the molecule is CNCc1cn[nH]c1S(=O)(=O)NC1(C(F)(F)F)CC1. The molecule has 0 radical (unpaired) electrons. The van der Waals surface area contributed by atoms with Gasteiger partial charge in [0.15, 0.2) is 5.03 Å². The molecule has 6 nitrogen and oxygen atoms in total. The van der Waals surface area contributed by atoms with Gasteiger partial charge in [-0.2, -0.15) is 23.0 Å². The van der Waals surface area contributed by atoms with Gasteiger partial charge in [0.2, 0.25) is 0 Å². The quantitative estimate of drug-likeness (QED) is 0.739. The third-order valence-corrected chi connectivity index (χ3v) is 4.49. The van der Waals surface area contributed by atoms with Gasteiger partial charge in [0.25, 0.3) is 10.0 Å². The van der Waals surface area contributed by atoms with Gasteiger partial charge in [-0.25, -0.2) is 8.42 Å². The van der Waals surface area contributed by atoms with Crippen molar-refractivity contribution >= 4 is 10.0 Å². The fourth-order valence-corrected chi connectivity index (χ4v) is 3.30. The molecule has 0 aliphatic heterocycles. The Morgan fingerprint density at radius 2 is 2.11 bits per heavy atom. The van der Waals surface area contributed by atoms with E-state index in [2.05, 4.69) is 15.5 Å². The molecule has 0 unspecified atom stereocenters. The van der Waals surface area contributed by atoms with Crippen LogP contribution in [0.3, 0.4) is 0 Å². The standard InChI is InChI=1S/C9H13F3N4O2S/c1-13-4-6-5-14-15-7(6)19(17,18)16-8(2-3-8)9(10,11)12/h5,13,16H,2-4H2,1H3,(H,14,15). The second-order valence-corrected chi connectivity index (χ2v) is 6.06. The summed E-state index contributed by atoms with van der Waals surface area (Å²) < 4.78 is 63.9. The molecule has 1 aliphatic carbocycles. The summed E-state index contributed by atoms with van der Waals surface area (Å²) in [6.45, 7) is 0.186. The van der Waals surface area contributed by atoms with Gasteiger partial charge in [-0.15, -0.1) is 0 Å². The molecule has 3 N–H and O–H groups in total. The molecule has 1 aromatic rings. The van der Waals surface area contributed by atoms with Gasteiger partial charge >= 0.3 is 6.18 Å². The average Bonchev–Trinajstić information content (AvgIpc) is 2.89. The van der Waals surface area contributed by atoms with Crippen molar-refractivity contribution in [2.45, 2.75) is 36.1 Å². The van der Waals surface area contributed by atoms with Crippen LogP contribution in [-0.4, -0.2) is 37.4 Å². The molecule has 0 bridgehead atoms. The summed E-state index contributed by atoms with van der Waals surface area (Å²) in [6.07, 6.45) is -3.82. The number of alkyl halides is 3. The second-order valence-electron chi connectivity index (χ2n) is 4.44. The minimum absolute atomic E-state index is 0.186. The van der Waals surface area contributed by atoms with E-state index >= 15 is 0 Å². The lowest BCUT2D eigenvalue weighted by molar-refractivity contribution is -0.160. The number of halogens is 3. The van der Waals surface area contributed by atoms with Crippen LogP contribution in [0.15, 0.2) is 11.2 Å². The smallest absolute Gasteiger partial charge is 0.316 e. The minimum Gasteiger partial charge on any atom is -0.316 e. The van der Waals surface area contributed by atoms with Crippen LogP contribution >= 0.6 is 0 Å². The second kappa shape index (κ2) is 4.46. The molecule has 0 atom stereocenters. The number of nitrogens with zero attached hydrogens (tertiary/aromatic N) is 1. The van der Waals surface area contributed by atoms with Crippen LogP contribution < -0.4 is 10.0 Å². The lowest BCUT2D eigenvalue weighted by Gasteiger charge is -2.20. The van der Waals surface area contributed by atoms with E-state index in [-0.39, 0.29) is 30.0 Å². The van der Waals surface area contributed by atoms with E-state index in [4.69, 9.17) is 0 Å². The third-order valence-electron chi connectivity index (χ3n) is 2.94. The number of sulfonamides is 1. The van der Waals surface area contributed by atoms with E-state index in [9.17, 15) is 21.6 Å². The van der Waals surface area contributed by atoms with Crippen molar-refractivity contribution in [3.63, 3.8) is 0 Å². The van der Waals surface area contributed by atoms with E-state index in [0.717, 1.165) is 0 Å². The summed E-state index contributed by atoms with van der Waals surface area (Å²) in [4.78, 5) is 0. The van der Waals surface area contributed by atoms with Crippen LogP contribution in [0.1, 0.15) is 18.4 Å². The van der Waals surface area contributed by atoms with Crippen molar-refractivity contribution in [3.8, 4) is 0 Å². The summed E-state index contributed by atoms with van der Waals surface area (Å²) in [5, 5.41) is 8.16. The predicted octanol–water partition coefficient (Wildman–Crippen LogP) is 0.502. The van der Waals surface area contributed by atoms with Crippen LogP contribution in [0, 0.1) is 0 Å². The molecule has 2 rings (SSSR count). The zero-order chi connectivity index (χ0) is 14.3. The van der Waals surface area contributed by atoms with Crippen LogP contribution in [0.5, 0.6) is 0 Å². The Bertz CT molecular complexity index is 562. The van der Waals surface area contributed by atoms with E-state index in [1.54, 1.807) is 11.8 Å². The van der Waals surface area contributed by atoms with Gasteiger partial charge < -0.3 is 5.32 Å². The van der Waals surface area contributed by atoms with Gasteiger partial charge in [0.1, 0.15) is 5.54 Å². The summed E-state index contributed by atoms with van der Waals surface area (Å²) in [7, 11) is -2.68. The van der Waals surface area contributed by atoms with Crippen molar-refractivity contribution in [1.82, 2.24) is 20.2 Å². The number of rotatable bonds is 5. The lowest BCUT2D eigenvalue weighted by Crippen LogP contribution is -2.48. The molecule has 108 valence electrons. The maximum Gasteiger partial charge on any atom is 0.407 e. The van der Waals surface area contributed by atoms with Gasteiger partial charge in [-0.05, 0) is 19.9 Å². The summed E-state index contributed by atoms with van der Waals surface area (Å²) in [5.41, 5.74) is -2.04. The highest BCUT2D eigenvalue weighted by Crippen LogP contribution is 2.49. The van der Waals surface area contributed by atoms with Gasteiger partial charge in [0.05, 0.1) is 6.20 Å². The first kappa shape index (κ1) is 14.3. The molecule has 1 saturated carbocycles. The van der Waals surface area contributed by atoms with Crippen LogP contribution in [-0.2, 0) is 16.6 Å². The molecule has 19 heavy (non-hydrogen) atoms. The Morgan fingerprint density at radius 3 is 2.58 bits per heavy atom. The molecule has 1 fully saturated rings. The topological polar surface area (TPSA) is 86.9 Å². The van der Waals surface area contributed by atoms with Crippen molar-refractivity contribution in [3.05, 3.63) is 11.8 Å². The molecule has 0 aromatic carbocycles. The van der Waals surface area contributed by atoms with E-state index in [1.807, 2.05) is 0 Å². The van der Waals surface area contributed by atoms with Crippen molar-refractivity contribution in [1.29, 1.82) is 0 Å². The maximum absolute atomic E-state index is 12.8. The highest BCUT2D eigenvalue weighted by atomic mass is 32.2. The zero-order valence-corrected chi connectivity index (χ0v) is 10.8. The molecular weight excluding hydrogens is 285 g/mol. The fraction of sp³-hybridized carbons (Fsp3) is 0.667. The number of H-pyrrole nitrogens is 1. The molecule has 1 aromatic heterocycles. The predicted molar refractivity (Wildman–Crippen MR) is 59.7 cm³/mol. The van der Waals surface area contributed by atoms with Crippen molar-refractivity contribution in [2.24, 2.45) is 0 Å². The molecule has 10 heteroatoms. The monoisotopic (exact) mass is 298 g/mol. The van der Waals surface area contributed by atoms with Crippen LogP contribution in [0.2, 0.25) is 0 Å². The zero-order valence-electron chi connectivity index (χ0n) is 10.0. The highest BCUT2D eigenvalue weighted by Gasteiger charge is 2.65. The number of aromatic amines is 1. The highest BCUT2D eigenvalue weighted by molar-refractivity contribution is 7.89. The lowest BCUT2D eigenvalue weighted by atomic mass is 10.3. The molecule has 0 spiro atoms. The van der Waals surface area contributed by atoms with E-state index in [1.165, 1.54) is 6.20 Å². The van der Waals surface area contributed by atoms with Crippen LogP contribution in [0.25, 0.3) is 0 Å². The van der Waals surface area contributed by atoms with Gasteiger partial charge in [0, 0.05) is 12.1 Å². The first-order chi connectivity index (χ1) is 8.72. The Labute approximate surface area is 107 Å². The van der Waals surface area contributed by atoms with Gasteiger partial charge in [-0.3, -0.25) is 5.10 Å². The Morgan fingerprint density at radius 1 is 1.47 bits per heavy atom. The molecule has 0 amide bonds.